The van der Waals surface area contributed by atoms with Gasteiger partial charge in [0.2, 0.25) is 0 Å². The summed E-state index contributed by atoms with van der Waals surface area (Å²) in [6.45, 7) is 5.00. The molecule has 1 aromatic rings. The average Bonchev–Trinajstić information content (AvgIpc) is 3.06. The van der Waals surface area contributed by atoms with Crippen molar-refractivity contribution in [2.24, 2.45) is 23.7 Å². The van der Waals surface area contributed by atoms with Crippen LogP contribution < -0.4 is 0 Å². The van der Waals surface area contributed by atoms with Crippen molar-refractivity contribution in [2.45, 2.75) is 45.7 Å². The monoisotopic (exact) mass is 365 g/mol. The standard InChI is InChI=1S/C18H24BrNO2/c1-11(2)16-13-5-6-14(9-13)17(16)20(18(21)22)10-12-3-7-15(19)8-4-12/h3-4,7-8,11,13-14,16-17H,5-6,9-10H2,1-2H3,(H,21,22)/t13-,14+,16+,17+/m0/s1. The van der Waals surface area contributed by atoms with E-state index in [1.807, 2.05) is 24.3 Å². The van der Waals surface area contributed by atoms with Gasteiger partial charge in [0.1, 0.15) is 0 Å². The third kappa shape index (κ3) is 2.90. The molecular formula is C18H24BrNO2. The molecule has 4 heteroatoms. The number of halogens is 1. The Kier molecular flexibility index (Phi) is 4.49. The first-order valence-electron chi connectivity index (χ1n) is 8.21. The summed E-state index contributed by atoms with van der Waals surface area (Å²) < 4.78 is 1.03. The zero-order valence-electron chi connectivity index (χ0n) is 13.2. The summed E-state index contributed by atoms with van der Waals surface area (Å²) >= 11 is 3.43. The number of amides is 1. The molecule has 0 spiro atoms. The second kappa shape index (κ2) is 6.23. The van der Waals surface area contributed by atoms with Crippen molar-refractivity contribution in [3.8, 4) is 0 Å². The van der Waals surface area contributed by atoms with Crippen molar-refractivity contribution in [3.63, 3.8) is 0 Å². The van der Waals surface area contributed by atoms with E-state index in [4.69, 9.17) is 0 Å². The first-order valence-corrected chi connectivity index (χ1v) is 9.00. The molecule has 2 saturated carbocycles. The number of benzene rings is 1. The van der Waals surface area contributed by atoms with E-state index in [1.54, 1.807) is 4.90 Å². The van der Waals surface area contributed by atoms with Crippen LogP contribution >= 0.6 is 15.9 Å². The lowest BCUT2D eigenvalue weighted by Crippen LogP contribution is -2.48. The Morgan fingerprint density at radius 2 is 1.91 bits per heavy atom. The first-order chi connectivity index (χ1) is 10.5. The molecule has 1 amide bonds. The van der Waals surface area contributed by atoms with Gasteiger partial charge < -0.3 is 10.0 Å². The van der Waals surface area contributed by atoms with Crippen LogP contribution in [0.4, 0.5) is 4.79 Å². The number of hydrogen-bond acceptors (Lipinski definition) is 1. The fourth-order valence-corrected chi connectivity index (χ4v) is 5.06. The quantitative estimate of drug-likeness (QED) is 0.815. The highest BCUT2D eigenvalue weighted by Gasteiger charge is 2.51. The summed E-state index contributed by atoms with van der Waals surface area (Å²) in [5.74, 6) is 2.35. The molecule has 1 N–H and O–H groups in total. The van der Waals surface area contributed by atoms with Crippen LogP contribution in [0.25, 0.3) is 0 Å². The highest BCUT2D eigenvalue weighted by Crippen LogP contribution is 2.53. The Balaban J connectivity index is 1.84. The van der Waals surface area contributed by atoms with E-state index in [2.05, 4.69) is 29.8 Å². The lowest BCUT2D eigenvalue weighted by atomic mass is 9.77. The molecule has 2 aliphatic carbocycles. The largest absolute Gasteiger partial charge is 0.465 e. The lowest BCUT2D eigenvalue weighted by molar-refractivity contribution is 0.0597. The van der Waals surface area contributed by atoms with Crippen LogP contribution in [0.5, 0.6) is 0 Å². The maximum atomic E-state index is 11.9. The van der Waals surface area contributed by atoms with E-state index in [9.17, 15) is 9.90 Å². The number of rotatable bonds is 4. The molecule has 1 aromatic carbocycles. The molecule has 120 valence electrons. The van der Waals surface area contributed by atoms with Crippen molar-refractivity contribution in [3.05, 3.63) is 34.3 Å². The topological polar surface area (TPSA) is 40.5 Å². The van der Waals surface area contributed by atoms with Crippen LogP contribution in [0.15, 0.2) is 28.7 Å². The summed E-state index contributed by atoms with van der Waals surface area (Å²) in [6, 6.07) is 8.18. The van der Waals surface area contributed by atoms with Gasteiger partial charge in [-0.15, -0.1) is 0 Å². The van der Waals surface area contributed by atoms with E-state index in [0.717, 1.165) is 16.0 Å². The zero-order valence-corrected chi connectivity index (χ0v) is 14.8. The molecule has 0 aliphatic heterocycles. The molecule has 4 atom stereocenters. The van der Waals surface area contributed by atoms with Gasteiger partial charge in [-0.3, -0.25) is 0 Å². The number of hydrogen-bond donors (Lipinski definition) is 1. The van der Waals surface area contributed by atoms with Crippen LogP contribution in [0.2, 0.25) is 0 Å². The second-order valence-electron chi connectivity index (χ2n) is 7.18. The molecule has 0 unspecified atom stereocenters. The molecule has 2 aliphatic rings. The van der Waals surface area contributed by atoms with Gasteiger partial charge in [0.25, 0.3) is 0 Å². The number of carbonyl (C=O) groups is 1. The van der Waals surface area contributed by atoms with E-state index >= 15 is 0 Å². The van der Waals surface area contributed by atoms with E-state index in [1.165, 1.54) is 19.3 Å². The van der Waals surface area contributed by atoms with Crippen molar-refractivity contribution >= 4 is 22.0 Å². The molecule has 2 fully saturated rings. The molecule has 3 rings (SSSR count). The maximum absolute atomic E-state index is 11.9. The highest BCUT2D eigenvalue weighted by molar-refractivity contribution is 9.10. The summed E-state index contributed by atoms with van der Waals surface area (Å²) in [7, 11) is 0. The van der Waals surface area contributed by atoms with Gasteiger partial charge in [-0.25, -0.2) is 4.79 Å². The predicted molar refractivity (Wildman–Crippen MR) is 90.7 cm³/mol. The fourth-order valence-electron chi connectivity index (χ4n) is 4.79. The van der Waals surface area contributed by atoms with Crippen LogP contribution in [-0.4, -0.2) is 22.1 Å². The van der Waals surface area contributed by atoms with Crippen LogP contribution in [0.1, 0.15) is 38.7 Å². The summed E-state index contributed by atoms with van der Waals surface area (Å²) in [4.78, 5) is 13.6. The normalized spacial score (nSPS) is 30.0. The Morgan fingerprint density at radius 3 is 2.50 bits per heavy atom. The third-order valence-corrected chi connectivity index (χ3v) is 6.11. The fraction of sp³-hybridized carbons (Fsp3) is 0.611. The van der Waals surface area contributed by atoms with E-state index < -0.39 is 6.09 Å². The zero-order chi connectivity index (χ0) is 15.9. The predicted octanol–water partition coefficient (Wildman–Crippen LogP) is 5.00. The number of fused-ring (bicyclic) bond motifs is 2. The lowest BCUT2D eigenvalue weighted by Gasteiger charge is -2.40. The smallest absolute Gasteiger partial charge is 0.407 e. The Labute approximate surface area is 140 Å². The van der Waals surface area contributed by atoms with Gasteiger partial charge in [-0.05, 0) is 60.6 Å². The molecule has 22 heavy (non-hydrogen) atoms. The minimum Gasteiger partial charge on any atom is -0.465 e. The van der Waals surface area contributed by atoms with E-state index in [-0.39, 0.29) is 6.04 Å². The highest BCUT2D eigenvalue weighted by atomic mass is 79.9. The van der Waals surface area contributed by atoms with Gasteiger partial charge >= 0.3 is 6.09 Å². The summed E-state index contributed by atoms with van der Waals surface area (Å²) in [5.41, 5.74) is 1.07. The molecular weight excluding hydrogens is 342 g/mol. The van der Waals surface area contributed by atoms with Gasteiger partial charge in [0, 0.05) is 17.1 Å². The first kappa shape index (κ1) is 15.9. The van der Waals surface area contributed by atoms with Gasteiger partial charge in [-0.2, -0.15) is 0 Å². The van der Waals surface area contributed by atoms with Crippen molar-refractivity contribution in [2.75, 3.05) is 0 Å². The van der Waals surface area contributed by atoms with Crippen molar-refractivity contribution < 1.29 is 9.90 Å². The molecule has 0 heterocycles. The van der Waals surface area contributed by atoms with Crippen LogP contribution in [0, 0.1) is 23.7 Å². The van der Waals surface area contributed by atoms with Crippen molar-refractivity contribution in [1.29, 1.82) is 0 Å². The Hall–Kier alpha value is -1.03. The minimum absolute atomic E-state index is 0.194. The maximum Gasteiger partial charge on any atom is 0.407 e. The number of nitrogens with zero attached hydrogens (tertiary/aromatic N) is 1. The van der Waals surface area contributed by atoms with E-state index in [0.29, 0.717) is 24.3 Å². The SMILES string of the molecule is CC(C)[C@@H]1[C@H]2CC[C@H](C2)[C@H]1N(Cc1ccc(Br)cc1)C(=O)O. The van der Waals surface area contributed by atoms with Crippen LogP contribution in [0.3, 0.4) is 0 Å². The molecule has 0 radical (unpaired) electrons. The molecule has 3 nitrogen and oxygen atoms in total. The third-order valence-electron chi connectivity index (χ3n) is 5.58. The average molecular weight is 366 g/mol. The van der Waals surface area contributed by atoms with Crippen LogP contribution in [-0.2, 0) is 6.54 Å². The van der Waals surface area contributed by atoms with Gasteiger partial charge in [-0.1, -0.05) is 41.9 Å². The van der Waals surface area contributed by atoms with Crippen molar-refractivity contribution in [1.82, 2.24) is 4.90 Å². The molecule has 0 saturated heterocycles. The second-order valence-corrected chi connectivity index (χ2v) is 8.10. The molecule has 0 aromatic heterocycles. The molecule has 2 bridgehead atoms. The minimum atomic E-state index is -0.772. The Bertz CT molecular complexity index is 543. The summed E-state index contributed by atoms with van der Waals surface area (Å²) in [5, 5.41) is 9.79. The number of carboxylic acid groups (broad SMARTS) is 1. The van der Waals surface area contributed by atoms with Gasteiger partial charge in [0.05, 0.1) is 0 Å². The Morgan fingerprint density at radius 1 is 1.27 bits per heavy atom. The summed E-state index contributed by atoms with van der Waals surface area (Å²) in [6.07, 6.45) is 2.93. The van der Waals surface area contributed by atoms with Gasteiger partial charge in [0.15, 0.2) is 0 Å².